The van der Waals surface area contributed by atoms with Gasteiger partial charge in [-0.25, -0.2) is 14.7 Å². The molecular formula is C13H15N3O4S. The molecule has 1 aliphatic heterocycles. The molecule has 7 nitrogen and oxygen atoms in total. The Kier molecular flexibility index (Phi) is 2.93. The van der Waals surface area contributed by atoms with E-state index in [1.165, 1.54) is 7.05 Å². The summed E-state index contributed by atoms with van der Waals surface area (Å²) in [5, 5.41) is 10.1. The molecule has 1 aliphatic carbocycles. The average Bonchev–Trinajstić information content (AvgIpc) is 2.85. The Morgan fingerprint density at radius 2 is 1.95 bits per heavy atom. The van der Waals surface area contributed by atoms with Gasteiger partial charge < -0.3 is 5.11 Å². The van der Waals surface area contributed by atoms with Crippen molar-refractivity contribution < 1.29 is 19.5 Å². The number of Topliss-reactive ketones (excluding diaryl/α,β-unsaturated/α-hetero) is 1. The van der Waals surface area contributed by atoms with Gasteiger partial charge in [0.15, 0.2) is 10.9 Å². The Morgan fingerprint density at radius 1 is 1.29 bits per heavy atom. The van der Waals surface area contributed by atoms with E-state index in [9.17, 15) is 19.5 Å². The van der Waals surface area contributed by atoms with Crippen LogP contribution in [0.4, 0.5) is 9.93 Å². The second kappa shape index (κ2) is 4.35. The summed E-state index contributed by atoms with van der Waals surface area (Å²) < 4.78 is 0. The van der Waals surface area contributed by atoms with E-state index >= 15 is 0 Å². The molecule has 0 spiro atoms. The van der Waals surface area contributed by atoms with Crippen molar-refractivity contribution in [1.82, 2.24) is 9.88 Å². The molecule has 0 saturated carbocycles. The number of carbonyl (C=O) groups excluding carboxylic acids is 3. The highest BCUT2D eigenvalue weighted by Crippen LogP contribution is 2.40. The van der Waals surface area contributed by atoms with Gasteiger partial charge in [0.25, 0.3) is 5.91 Å². The van der Waals surface area contributed by atoms with E-state index in [1.54, 1.807) is 0 Å². The number of thiazole rings is 1. The summed E-state index contributed by atoms with van der Waals surface area (Å²) >= 11 is 1.06. The molecule has 0 radical (unpaired) electrons. The van der Waals surface area contributed by atoms with Gasteiger partial charge in [-0.15, -0.1) is 0 Å². The Labute approximate surface area is 125 Å². The van der Waals surface area contributed by atoms with Crippen molar-refractivity contribution in [3.63, 3.8) is 0 Å². The number of rotatable bonds is 1. The fraction of sp³-hybridized carbons (Fsp3) is 0.538. The number of likely N-dealkylation sites (N-methyl/N-ethyl adjacent to an activating group) is 1. The smallest absolute Gasteiger partial charge is 0.335 e. The van der Waals surface area contributed by atoms with E-state index in [2.05, 4.69) is 4.98 Å². The van der Waals surface area contributed by atoms with Gasteiger partial charge in [-0.3, -0.25) is 14.5 Å². The number of fused-ring (bicyclic) bond motifs is 1. The third kappa shape index (κ3) is 2.06. The number of urea groups is 1. The lowest BCUT2D eigenvalue weighted by atomic mass is 9.78. The standard InChI is InChI=1S/C13H15N3O4S/c1-13(2)4-6-8(7(17)5-13)21-11(14-6)16-10(19)9(18)15(3)12(16)20/h10,19H,4-5H2,1-3H3. The van der Waals surface area contributed by atoms with Crippen LogP contribution in [0.5, 0.6) is 0 Å². The first kappa shape index (κ1) is 14.2. The van der Waals surface area contributed by atoms with E-state index in [0.29, 0.717) is 23.4 Å². The first-order valence-corrected chi connectivity index (χ1v) is 7.35. The van der Waals surface area contributed by atoms with E-state index in [-0.39, 0.29) is 16.3 Å². The summed E-state index contributed by atoms with van der Waals surface area (Å²) in [6.07, 6.45) is -0.512. The monoisotopic (exact) mass is 309 g/mol. The molecule has 2 aliphatic rings. The van der Waals surface area contributed by atoms with Crippen molar-refractivity contribution in [1.29, 1.82) is 0 Å². The van der Waals surface area contributed by atoms with Crippen molar-refractivity contribution >= 4 is 34.2 Å². The summed E-state index contributed by atoms with van der Waals surface area (Å²) in [6.45, 7) is 3.97. The van der Waals surface area contributed by atoms with E-state index < -0.39 is 18.2 Å². The van der Waals surface area contributed by atoms with Gasteiger partial charge >= 0.3 is 6.03 Å². The number of hydrogen-bond acceptors (Lipinski definition) is 6. The largest absolute Gasteiger partial charge is 0.365 e. The van der Waals surface area contributed by atoms with Crippen molar-refractivity contribution in [3.05, 3.63) is 10.6 Å². The number of imide groups is 1. The molecule has 0 aromatic carbocycles. The Balaban J connectivity index is 2.01. The first-order valence-electron chi connectivity index (χ1n) is 6.53. The number of aliphatic hydroxyl groups excluding tert-OH is 1. The molecule has 1 fully saturated rings. The molecule has 1 aromatic heterocycles. The van der Waals surface area contributed by atoms with Crippen molar-refractivity contribution in [2.24, 2.45) is 5.41 Å². The van der Waals surface area contributed by atoms with Gasteiger partial charge in [-0.2, -0.15) is 0 Å². The molecule has 1 aromatic rings. The highest BCUT2D eigenvalue weighted by Gasteiger charge is 2.45. The first-order chi connectivity index (χ1) is 9.71. The zero-order valence-corrected chi connectivity index (χ0v) is 12.7. The van der Waals surface area contributed by atoms with Crippen LogP contribution < -0.4 is 4.90 Å². The molecular weight excluding hydrogens is 294 g/mol. The number of hydrogen-bond donors (Lipinski definition) is 1. The van der Waals surface area contributed by atoms with Gasteiger partial charge in [0.05, 0.1) is 10.6 Å². The van der Waals surface area contributed by atoms with Gasteiger partial charge in [0, 0.05) is 13.5 Å². The topological polar surface area (TPSA) is 90.8 Å². The van der Waals surface area contributed by atoms with Crippen molar-refractivity contribution in [2.45, 2.75) is 32.9 Å². The Hall–Kier alpha value is -1.80. The molecule has 21 heavy (non-hydrogen) atoms. The van der Waals surface area contributed by atoms with Crippen LogP contribution in [0.3, 0.4) is 0 Å². The maximum absolute atomic E-state index is 12.1. The summed E-state index contributed by atoms with van der Waals surface area (Å²) in [7, 11) is 1.30. The van der Waals surface area contributed by atoms with E-state index in [0.717, 1.165) is 21.1 Å². The number of carbonyl (C=O) groups is 3. The number of aromatic nitrogens is 1. The van der Waals surface area contributed by atoms with E-state index in [4.69, 9.17) is 0 Å². The van der Waals surface area contributed by atoms with Crippen LogP contribution in [0.1, 0.15) is 35.6 Å². The second-order valence-corrected chi connectivity index (χ2v) is 7.11. The van der Waals surface area contributed by atoms with Crippen LogP contribution in [-0.4, -0.2) is 46.0 Å². The number of ketones is 1. The fourth-order valence-electron chi connectivity index (χ4n) is 2.64. The van der Waals surface area contributed by atoms with E-state index in [1.807, 2.05) is 13.8 Å². The van der Waals surface area contributed by atoms with Crippen LogP contribution in [0.25, 0.3) is 0 Å². The van der Waals surface area contributed by atoms with Crippen LogP contribution in [-0.2, 0) is 11.2 Å². The normalized spacial score (nSPS) is 24.8. The van der Waals surface area contributed by atoms with Crippen LogP contribution in [0.15, 0.2) is 0 Å². The molecule has 1 saturated heterocycles. The minimum atomic E-state index is -1.57. The van der Waals surface area contributed by atoms with Crippen molar-refractivity contribution in [2.75, 3.05) is 11.9 Å². The fourth-order valence-corrected chi connectivity index (χ4v) is 3.68. The number of anilines is 1. The molecule has 3 amide bonds. The molecule has 0 bridgehead atoms. The highest BCUT2D eigenvalue weighted by atomic mass is 32.1. The van der Waals surface area contributed by atoms with Crippen LogP contribution in [0.2, 0.25) is 0 Å². The molecule has 3 rings (SSSR count). The molecule has 2 heterocycles. The third-order valence-electron chi connectivity index (χ3n) is 3.72. The quantitative estimate of drug-likeness (QED) is 0.782. The minimum absolute atomic E-state index is 0.00850. The summed E-state index contributed by atoms with van der Waals surface area (Å²) in [5.74, 6) is -0.703. The van der Waals surface area contributed by atoms with Crippen molar-refractivity contribution in [3.8, 4) is 0 Å². The molecule has 8 heteroatoms. The van der Waals surface area contributed by atoms with Gasteiger partial charge in [-0.05, 0) is 11.8 Å². The SMILES string of the molecule is CN1C(=O)C(O)N(c2nc3c(s2)C(=O)CC(C)(C)C3)C1=O. The summed E-state index contributed by atoms with van der Waals surface area (Å²) in [6, 6.07) is -0.634. The predicted molar refractivity (Wildman–Crippen MR) is 75.2 cm³/mol. The Morgan fingerprint density at radius 3 is 2.52 bits per heavy atom. The molecule has 1 N–H and O–H groups in total. The molecule has 1 atom stereocenters. The lowest BCUT2D eigenvalue weighted by Crippen LogP contribution is -2.34. The number of amides is 3. The molecule has 1 unspecified atom stereocenters. The zero-order chi connectivity index (χ0) is 15.5. The van der Waals surface area contributed by atoms with Gasteiger partial charge in [0.1, 0.15) is 0 Å². The van der Waals surface area contributed by atoms with Gasteiger partial charge in [-0.1, -0.05) is 25.2 Å². The third-order valence-corrected chi connectivity index (χ3v) is 4.86. The second-order valence-electron chi connectivity index (χ2n) is 6.14. The number of aliphatic hydroxyl groups is 1. The van der Waals surface area contributed by atoms with Crippen LogP contribution in [0, 0.1) is 5.41 Å². The van der Waals surface area contributed by atoms with Crippen LogP contribution >= 0.6 is 11.3 Å². The maximum atomic E-state index is 12.1. The maximum Gasteiger partial charge on any atom is 0.335 e. The summed E-state index contributed by atoms with van der Waals surface area (Å²) in [4.78, 5) is 42.4. The Bertz CT molecular complexity index is 666. The van der Waals surface area contributed by atoms with Gasteiger partial charge in [0.2, 0.25) is 6.23 Å². The molecule has 112 valence electrons. The average molecular weight is 309 g/mol. The number of nitrogens with zero attached hydrogens (tertiary/aromatic N) is 3. The summed E-state index contributed by atoms with van der Waals surface area (Å²) in [5.41, 5.74) is 0.466. The minimum Gasteiger partial charge on any atom is -0.365 e. The lowest BCUT2D eigenvalue weighted by Gasteiger charge is -2.26. The zero-order valence-electron chi connectivity index (χ0n) is 11.9. The predicted octanol–water partition coefficient (Wildman–Crippen LogP) is 1.01. The highest BCUT2D eigenvalue weighted by molar-refractivity contribution is 7.17. The lowest BCUT2D eigenvalue weighted by molar-refractivity contribution is -0.132.